The Bertz CT molecular complexity index is 2770. The lowest BCUT2D eigenvalue weighted by atomic mass is 9.81. The maximum Gasteiger partial charge on any atom is 0.0473 e. The van der Waals surface area contributed by atoms with Gasteiger partial charge in [-0.15, -0.1) is 0 Å². The van der Waals surface area contributed by atoms with E-state index in [1.165, 1.54) is 77.9 Å². The van der Waals surface area contributed by atoms with Gasteiger partial charge < -0.3 is 4.90 Å². The molecule has 58 heavy (non-hydrogen) atoms. The van der Waals surface area contributed by atoms with Crippen molar-refractivity contribution in [3.63, 3.8) is 0 Å². The first-order valence-electron chi connectivity index (χ1n) is 20.2. The predicted octanol–water partition coefficient (Wildman–Crippen LogP) is 15.8. The molecule has 0 atom stereocenters. The van der Waals surface area contributed by atoms with Crippen LogP contribution in [0.4, 0.5) is 17.1 Å². The molecule has 0 heterocycles. The fourth-order valence-corrected chi connectivity index (χ4v) is 8.86. The van der Waals surface area contributed by atoms with Gasteiger partial charge in [0.1, 0.15) is 0 Å². The van der Waals surface area contributed by atoms with Crippen LogP contribution in [0.2, 0.25) is 0 Å². The van der Waals surface area contributed by atoms with E-state index in [9.17, 15) is 0 Å². The minimum absolute atomic E-state index is 0.111. The van der Waals surface area contributed by atoms with Gasteiger partial charge in [0.25, 0.3) is 0 Å². The minimum atomic E-state index is -0.111. The predicted molar refractivity (Wildman–Crippen MR) is 246 cm³/mol. The Morgan fingerprint density at radius 1 is 0.276 bits per heavy atom. The Balaban J connectivity index is 1.15. The van der Waals surface area contributed by atoms with Crippen molar-refractivity contribution in [3.05, 3.63) is 236 Å². The van der Waals surface area contributed by atoms with E-state index in [1.54, 1.807) is 0 Å². The molecule has 0 bridgehead atoms. The van der Waals surface area contributed by atoms with E-state index >= 15 is 0 Å². The summed E-state index contributed by atoms with van der Waals surface area (Å²) in [6, 6.07) is 81.8. The molecule has 0 amide bonds. The van der Waals surface area contributed by atoms with Crippen molar-refractivity contribution in [3.8, 4) is 66.8 Å². The second-order valence-electron chi connectivity index (χ2n) is 15.8. The van der Waals surface area contributed by atoms with E-state index in [0.717, 1.165) is 17.1 Å². The largest absolute Gasteiger partial charge is 0.310 e. The lowest BCUT2D eigenvalue weighted by Gasteiger charge is -2.27. The van der Waals surface area contributed by atoms with Crippen LogP contribution < -0.4 is 4.90 Å². The molecule has 0 radical (unpaired) electrons. The summed E-state index contributed by atoms with van der Waals surface area (Å²) in [5.74, 6) is 0. The summed E-state index contributed by atoms with van der Waals surface area (Å²) in [6.45, 7) is 4.73. The number of fused-ring (bicyclic) bond motifs is 3. The van der Waals surface area contributed by atoms with Gasteiger partial charge >= 0.3 is 0 Å². The summed E-state index contributed by atoms with van der Waals surface area (Å²) < 4.78 is 0. The summed E-state index contributed by atoms with van der Waals surface area (Å²) in [4.78, 5) is 2.40. The molecule has 0 saturated carbocycles. The third-order valence-electron chi connectivity index (χ3n) is 11.9. The van der Waals surface area contributed by atoms with Crippen LogP contribution in [-0.4, -0.2) is 0 Å². The van der Waals surface area contributed by atoms with Crippen molar-refractivity contribution in [1.82, 2.24) is 0 Å². The Hall–Kier alpha value is -7.22. The van der Waals surface area contributed by atoms with Crippen molar-refractivity contribution < 1.29 is 0 Å². The standard InChI is InChI=1S/C57H43N/c1-57(2)54-35-30-46(39-53(54)56-52(24-15-25-55(56)57)45-22-13-6-14-23-45)48-36-47(42-20-11-5-12-21-42)37-51(38-48)58(49-31-26-43(27-32-49)40-16-7-3-8-17-40)50-33-28-44(29-34-50)41-18-9-4-10-19-41/h3-39H,1-2H3. The summed E-state index contributed by atoms with van der Waals surface area (Å²) >= 11 is 0. The normalized spacial score (nSPS) is 12.4. The van der Waals surface area contributed by atoms with Gasteiger partial charge in [-0.3, -0.25) is 0 Å². The van der Waals surface area contributed by atoms with Crippen molar-refractivity contribution >= 4 is 17.1 Å². The molecule has 0 unspecified atom stereocenters. The smallest absolute Gasteiger partial charge is 0.0473 e. The van der Waals surface area contributed by atoms with Crippen LogP contribution in [-0.2, 0) is 5.41 Å². The van der Waals surface area contributed by atoms with E-state index in [1.807, 2.05) is 0 Å². The number of rotatable bonds is 8. The molecule has 0 saturated heterocycles. The van der Waals surface area contributed by atoms with Crippen molar-refractivity contribution in [1.29, 1.82) is 0 Å². The van der Waals surface area contributed by atoms with E-state index in [0.29, 0.717) is 0 Å². The number of hydrogen-bond donors (Lipinski definition) is 0. The SMILES string of the molecule is CC1(C)c2ccc(-c3cc(-c4ccccc4)cc(N(c4ccc(-c5ccccc5)cc4)c4ccc(-c5ccccc5)cc4)c3)cc2-c2c(-c3ccccc3)cccc21. The first kappa shape index (κ1) is 35.2. The Kier molecular flexibility index (Phi) is 8.92. The summed E-state index contributed by atoms with van der Waals surface area (Å²) in [7, 11) is 0. The van der Waals surface area contributed by atoms with E-state index in [4.69, 9.17) is 0 Å². The van der Waals surface area contributed by atoms with Gasteiger partial charge in [0.15, 0.2) is 0 Å². The highest BCUT2D eigenvalue weighted by atomic mass is 15.1. The molecular formula is C57H43N. The van der Waals surface area contributed by atoms with Crippen LogP contribution in [0, 0.1) is 0 Å². The van der Waals surface area contributed by atoms with Gasteiger partial charge in [0, 0.05) is 22.5 Å². The van der Waals surface area contributed by atoms with Crippen LogP contribution in [0.25, 0.3) is 66.8 Å². The molecule has 0 spiro atoms. The average molecular weight is 742 g/mol. The first-order valence-corrected chi connectivity index (χ1v) is 20.2. The summed E-state index contributed by atoms with van der Waals surface area (Å²) in [5, 5.41) is 0. The lowest BCUT2D eigenvalue weighted by Crippen LogP contribution is -2.14. The van der Waals surface area contributed by atoms with E-state index < -0.39 is 0 Å². The van der Waals surface area contributed by atoms with Gasteiger partial charge in [0.05, 0.1) is 0 Å². The van der Waals surface area contributed by atoms with Crippen LogP contribution in [0.3, 0.4) is 0 Å². The molecule has 0 fully saturated rings. The zero-order valence-electron chi connectivity index (χ0n) is 32.8. The van der Waals surface area contributed by atoms with Crippen LogP contribution in [0.15, 0.2) is 224 Å². The fourth-order valence-electron chi connectivity index (χ4n) is 8.86. The third-order valence-corrected chi connectivity index (χ3v) is 11.9. The molecule has 9 aromatic rings. The fraction of sp³-hybridized carbons (Fsp3) is 0.0526. The molecule has 1 aliphatic rings. The average Bonchev–Trinajstić information content (AvgIpc) is 3.53. The minimum Gasteiger partial charge on any atom is -0.310 e. The maximum absolute atomic E-state index is 2.44. The molecule has 0 aromatic heterocycles. The number of hydrogen-bond acceptors (Lipinski definition) is 1. The van der Waals surface area contributed by atoms with E-state index in [2.05, 4.69) is 243 Å². The van der Waals surface area contributed by atoms with Crippen LogP contribution in [0.1, 0.15) is 25.0 Å². The van der Waals surface area contributed by atoms with Gasteiger partial charge in [-0.2, -0.15) is 0 Å². The highest BCUT2D eigenvalue weighted by Gasteiger charge is 2.37. The van der Waals surface area contributed by atoms with Gasteiger partial charge in [0.2, 0.25) is 0 Å². The molecule has 0 aliphatic heterocycles. The molecule has 1 nitrogen and oxygen atoms in total. The van der Waals surface area contributed by atoms with Crippen LogP contribution >= 0.6 is 0 Å². The highest BCUT2D eigenvalue weighted by Crippen LogP contribution is 2.53. The molecule has 1 aliphatic carbocycles. The number of nitrogens with zero attached hydrogens (tertiary/aromatic N) is 1. The zero-order chi connectivity index (χ0) is 39.1. The monoisotopic (exact) mass is 741 g/mol. The molecule has 10 rings (SSSR count). The van der Waals surface area contributed by atoms with Crippen molar-refractivity contribution in [2.45, 2.75) is 19.3 Å². The topological polar surface area (TPSA) is 3.24 Å². The Morgan fingerprint density at radius 3 is 1.22 bits per heavy atom. The van der Waals surface area contributed by atoms with Gasteiger partial charge in [-0.25, -0.2) is 0 Å². The summed E-state index contributed by atoms with van der Waals surface area (Å²) in [5.41, 5.74) is 20.6. The molecule has 1 heteroatoms. The highest BCUT2D eigenvalue weighted by molar-refractivity contribution is 5.95. The zero-order valence-corrected chi connectivity index (χ0v) is 32.8. The second-order valence-corrected chi connectivity index (χ2v) is 15.8. The molecule has 0 N–H and O–H groups in total. The van der Waals surface area contributed by atoms with Crippen molar-refractivity contribution in [2.24, 2.45) is 0 Å². The lowest BCUT2D eigenvalue weighted by molar-refractivity contribution is 0.660. The Labute approximate surface area is 342 Å². The van der Waals surface area contributed by atoms with E-state index in [-0.39, 0.29) is 5.41 Å². The molecule has 276 valence electrons. The summed E-state index contributed by atoms with van der Waals surface area (Å²) in [6.07, 6.45) is 0. The van der Waals surface area contributed by atoms with Crippen LogP contribution in [0.5, 0.6) is 0 Å². The quantitative estimate of drug-likeness (QED) is 0.150. The second kappa shape index (κ2) is 14.7. The molecular weight excluding hydrogens is 699 g/mol. The number of anilines is 3. The third kappa shape index (κ3) is 6.41. The molecule has 9 aromatic carbocycles. The van der Waals surface area contributed by atoms with Gasteiger partial charge in [-0.1, -0.05) is 190 Å². The Morgan fingerprint density at radius 2 is 0.707 bits per heavy atom. The van der Waals surface area contributed by atoms with Gasteiger partial charge in [-0.05, 0) is 126 Å². The van der Waals surface area contributed by atoms with Crippen molar-refractivity contribution in [2.75, 3.05) is 4.90 Å². The number of benzene rings is 9. The first-order chi connectivity index (χ1) is 28.5. The maximum atomic E-state index is 2.44.